The van der Waals surface area contributed by atoms with Crippen molar-refractivity contribution in [1.29, 1.82) is 0 Å². The molecule has 0 bridgehead atoms. The minimum absolute atomic E-state index is 0.0928. The Balaban J connectivity index is 1.71. The minimum Gasteiger partial charge on any atom is -0.548 e. The number of piperidine rings is 1. The van der Waals surface area contributed by atoms with E-state index in [4.69, 9.17) is 0 Å². The molecule has 3 atom stereocenters. The van der Waals surface area contributed by atoms with E-state index in [1.54, 1.807) is 11.3 Å². The molecule has 2 aliphatic rings. The average molecular weight is 250 g/mol. The zero-order valence-corrected chi connectivity index (χ0v) is 9.98. The molecule has 5 heteroatoms. The number of fused-ring (bicyclic) bond motifs is 1. The number of aliphatic carboxylic acids is 1. The van der Waals surface area contributed by atoms with Crippen LogP contribution in [0.4, 0.5) is 0 Å². The lowest BCUT2D eigenvalue weighted by molar-refractivity contribution is -0.311. The molecule has 1 saturated heterocycles. The molecule has 2 fully saturated rings. The molecule has 4 nitrogen and oxygen atoms in total. The highest BCUT2D eigenvalue weighted by atomic mass is 32.1. The van der Waals surface area contributed by atoms with E-state index in [0.717, 1.165) is 12.0 Å². The number of thiophene rings is 1. The Kier molecular flexibility index (Phi) is 2.43. The molecule has 3 rings (SSSR count). The second-order valence-electron chi connectivity index (χ2n) is 4.78. The molecule has 0 radical (unpaired) electrons. The van der Waals surface area contributed by atoms with Gasteiger partial charge < -0.3 is 14.8 Å². The van der Waals surface area contributed by atoms with Crippen molar-refractivity contribution < 1.29 is 14.7 Å². The summed E-state index contributed by atoms with van der Waals surface area (Å²) in [5.41, 5.74) is 0.956. The Morgan fingerprint density at radius 3 is 3.00 bits per heavy atom. The summed E-state index contributed by atoms with van der Waals surface area (Å²) in [6.07, 6.45) is 1.23. The maximum absolute atomic E-state index is 12.0. The molecule has 0 aromatic carbocycles. The van der Waals surface area contributed by atoms with Crippen LogP contribution in [0.25, 0.3) is 0 Å². The fraction of sp³-hybridized carbons (Fsp3) is 0.500. The lowest BCUT2D eigenvalue weighted by Gasteiger charge is -2.28. The first-order valence-electron chi connectivity index (χ1n) is 5.68. The van der Waals surface area contributed by atoms with Crippen LogP contribution in [-0.4, -0.2) is 29.4 Å². The second-order valence-corrected chi connectivity index (χ2v) is 5.56. The van der Waals surface area contributed by atoms with Gasteiger partial charge in [0.15, 0.2) is 0 Å². The summed E-state index contributed by atoms with van der Waals surface area (Å²) in [5, 5.41) is 14.9. The van der Waals surface area contributed by atoms with Gasteiger partial charge in [-0.3, -0.25) is 4.79 Å². The van der Waals surface area contributed by atoms with Gasteiger partial charge in [-0.25, -0.2) is 0 Å². The quantitative estimate of drug-likeness (QED) is 0.752. The molecule has 0 N–H and O–H groups in total. The number of carboxylic acid groups (broad SMARTS) is 1. The minimum atomic E-state index is -1.10. The lowest BCUT2D eigenvalue weighted by Crippen LogP contribution is -2.49. The summed E-state index contributed by atoms with van der Waals surface area (Å²) >= 11 is 1.54. The monoisotopic (exact) mass is 250 g/mol. The van der Waals surface area contributed by atoms with Crippen LogP contribution in [0.2, 0.25) is 0 Å². The Labute approximate surface area is 103 Å². The number of carbonyl (C=O) groups is 2. The van der Waals surface area contributed by atoms with E-state index in [2.05, 4.69) is 0 Å². The standard InChI is InChI=1S/C12H13NO3S/c14-10(3-7-1-2-17-6-7)13-5-8-4-9(8)11(13)12(15)16/h1-2,6,8-9,11H,3-5H2,(H,15,16)/p-1/t8-,9-,11-/m0/s1. The van der Waals surface area contributed by atoms with Crippen molar-refractivity contribution in [3.8, 4) is 0 Å². The molecule has 1 aromatic heterocycles. The summed E-state index contributed by atoms with van der Waals surface area (Å²) in [4.78, 5) is 24.6. The maximum Gasteiger partial charge on any atom is 0.227 e. The zero-order chi connectivity index (χ0) is 12.0. The van der Waals surface area contributed by atoms with Crippen LogP contribution in [-0.2, 0) is 16.0 Å². The smallest absolute Gasteiger partial charge is 0.227 e. The molecule has 1 aromatic rings. The molecular weight excluding hydrogens is 238 g/mol. The normalized spacial score (nSPS) is 30.1. The van der Waals surface area contributed by atoms with Crippen molar-refractivity contribution in [1.82, 2.24) is 4.90 Å². The second kappa shape index (κ2) is 3.84. The van der Waals surface area contributed by atoms with Gasteiger partial charge in [0, 0.05) is 6.54 Å². The maximum atomic E-state index is 12.0. The Bertz CT molecular complexity index is 456. The molecule has 1 aliphatic heterocycles. The van der Waals surface area contributed by atoms with Gasteiger partial charge in [-0.1, -0.05) is 0 Å². The number of hydrogen-bond donors (Lipinski definition) is 0. The molecule has 1 saturated carbocycles. The molecule has 2 heterocycles. The van der Waals surface area contributed by atoms with E-state index in [1.807, 2.05) is 16.8 Å². The highest BCUT2D eigenvalue weighted by Gasteiger charge is 2.54. The van der Waals surface area contributed by atoms with E-state index < -0.39 is 12.0 Å². The summed E-state index contributed by atoms with van der Waals surface area (Å²) in [6.45, 7) is 0.590. The van der Waals surface area contributed by atoms with Crippen molar-refractivity contribution in [3.63, 3.8) is 0 Å². The first-order valence-corrected chi connectivity index (χ1v) is 6.62. The van der Waals surface area contributed by atoms with Crippen LogP contribution in [0.5, 0.6) is 0 Å². The van der Waals surface area contributed by atoms with E-state index >= 15 is 0 Å². The predicted octanol–water partition coefficient (Wildman–Crippen LogP) is -0.113. The largest absolute Gasteiger partial charge is 0.548 e. The highest BCUT2D eigenvalue weighted by molar-refractivity contribution is 7.07. The van der Waals surface area contributed by atoms with Crippen molar-refractivity contribution in [2.24, 2.45) is 11.8 Å². The SMILES string of the molecule is O=C([O-])[C@@H]1[C@H]2C[C@H]2CN1C(=O)Cc1ccsc1. The number of carbonyl (C=O) groups excluding carboxylic acids is 2. The van der Waals surface area contributed by atoms with Gasteiger partial charge in [0.1, 0.15) is 0 Å². The number of amides is 1. The van der Waals surface area contributed by atoms with Crippen LogP contribution < -0.4 is 5.11 Å². The van der Waals surface area contributed by atoms with Crippen LogP contribution in [0.15, 0.2) is 16.8 Å². The summed E-state index contributed by atoms with van der Waals surface area (Å²) in [6, 6.07) is 1.21. The molecular formula is C12H12NO3S-. The molecule has 0 spiro atoms. The number of rotatable bonds is 3. The van der Waals surface area contributed by atoms with Crippen LogP contribution in [0, 0.1) is 11.8 Å². The number of hydrogen-bond acceptors (Lipinski definition) is 4. The third-order valence-electron chi connectivity index (χ3n) is 3.65. The van der Waals surface area contributed by atoms with Gasteiger partial charge in [0.05, 0.1) is 18.4 Å². The van der Waals surface area contributed by atoms with Crippen molar-refractivity contribution in [3.05, 3.63) is 22.4 Å². The van der Waals surface area contributed by atoms with Gasteiger partial charge in [-0.15, -0.1) is 0 Å². The lowest BCUT2D eigenvalue weighted by atomic mass is 10.1. The van der Waals surface area contributed by atoms with Gasteiger partial charge in [0.25, 0.3) is 0 Å². The van der Waals surface area contributed by atoms with Crippen molar-refractivity contribution in [2.75, 3.05) is 6.54 Å². The molecule has 1 aliphatic carbocycles. The highest BCUT2D eigenvalue weighted by Crippen LogP contribution is 2.49. The average Bonchev–Trinajstić information content (AvgIpc) is 2.76. The Morgan fingerprint density at radius 1 is 1.53 bits per heavy atom. The molecule has 0 unspecified atom stereocenters. The van der Waals surface area contributed by atoms with Crippen LogP contribution >= 0.6 is 11.3 Å². The molecule has 17 heavy (non-hydrogen) atoms. The fourth-order valence-corrected chi connectivity index (χ4v) is 3.36. The van der Waals surface area contributed by atoms with Crippen molar-refractivity contribution >= 4 is 23.2 Å². The van der Waals surface area contributed by atoms with Crippen LogP contribution in [0.3, 0.4) is 0 Å². The van der Waals surface area contributed by atoms with Gasteiger partial charge in [0.2, 0.25) is 5.91 Å². The van der Waals surface area contributed by atoms with E-state index in [-0.39, 0.29) is 11.8 Å². The summed E-state index contributed by atoms with van der Waals surface area (Å²) in [7, 11) is 0. The van der Waals surface area contributed by atoms with Gasteiger partial charge in [-0.2, -0.15) is 11.3 Å². The third kappa shape index (κ3) is 1.84. The predicted molar refractivity (Wildman–Crippen MR) is 60.1 cm³/mol. The molecule has 90 valence electrons. The van der Waals surface area contributed by atoms with E-state index in [1.165, 1.54) is 4.90 Å². The molecule has 1 amide bonds. The first-order chi connectivity index (χ1) is 8.16. The summed E-state index contributed by atoms with van der Waals surface area (Å²) in [5.74, 6) is -0.658. The topological polar surface area (TPSA) is 60.4 Å². The fourth-order valence-electron chi connectivity index (χ4n) is 2.69. The van der Waals surface area contributed by atoms with E-state index in [0.29, 0.717) is 18.9 Å². The first kappa shape index (κ1) is 10.8. The third-order valence-corrected chi connectivity index (χ3v) is 4.38. The Hall–Kier alpha value is -1.36. The summed E-state index contributed by atoms with van der Waals surface area (Å²) < 4.78 is 0. The number of likely N-dealkylation sites (tertiary alicyclic amines) is 1. The van der Waals surface area contributed by atoms with Gasteiger partial charge in [-0.05, 0) is 40.6 Å². The Morgan fingerprint density at radius 2 is 2.35 bits per heavy atom. The van der Waals surface area contributed by atoms with Crippen LogP contribution in [0.1, 0.15) is 12.0 Å². The van der Waals surface area contributed by atoms with Crippen molar-refractivity contribution in [2.45, 2.75) is 18.9 Å². The number of nitrogens with zero attached hydrogens (tertiary/aromatic N) is 1. The van der Waals surface area contributed by atoms with Gasteiger partial charge >= 0.3 is 0 Å². The number of carboxylic acids is 1. The van der Waals surface area contributed by atoms with E-state index in [9.17, 15) is 14.7 Å². The zero-order valence-electron chi connectivity index (χ0n) is 9.17.